The van der Waals surface area contributed by atoms with Gasteiger partial charge in [-0.3, -0.25) is 0 Å². The van der Waals surface area contributed by atoms with Crippen LogP contribution in [0.4, 0.5) is 5.82 Å². The quantitative estimate of drug-likeness (QED) is 0.776. The van der Waals surface area contributed by atoms with Crippen molar-refractivity contribution in [3.8, 4) is 0 Å². The minimum absolute atomic E-state index is 0.266. The molecule has 126 valence electrons. The Labute approximate surface area is 145 Å². The number of anilines is 1. The first-order valence-corrected chi connectivity index (χ1v) is 9.22. The van der Waals surface area contributed by atoms with Gasteiger partial charge in [-0.1, -0.05) is 0 Å². The Hall–Kier alpha value is -1.92. The van der Waals surface area contributed by atoms with Crippen molar-refractivity contribution in [3.63, 3.8) is 0 Å². The SMILES string of the molecule is Cc1nc(N2CCCC2CC(O)c2ccco2)c2c(C)csc2n1. The molecule has 0 bridgehead atoms. The normalized spacial score (nSPS) is 19.3. The minimum atomic E-state index is -0.576. The average Bonchev–Trinajstić information content (AvgIpc) is 3.28. The topological polar surface area (TPSA) is 62.4 Å². The maximum atomic E-state index is 10.5. The second-order valence-electron chi connectivity index (χ2n) is 6.45. The van der Waals surface area contributed by atoms with Crippen LogP contribution in [0.25, 0.3) is 10.2 Å². The lowest BCUT2D eigenvalue weighted by Crippen LogP contribution is -2.31. The fourth-order valence-corrected chi connectivity index (χ4v) is 4.55. The molecule has 2 atom stereocenters. The van der Waals surface area contributed by atoms with E-state index in [1.165, 1.54) is 5.56 Å². The van der Waals surface area contributed by atoms with Crippen LogP contribution < -0.4 is 4.90 Å². The maximum Gasteiger partial charge on any atom is 0.141 e. The fraction of sp³-hybridized carbons (Fsp3) is 0.444. The summed E-state index contributed by atoms with van der Waals surface area (Å²) < 4.78 is 5.35. The second kappa shape index (κ2) is 6.18. The molecule has 0 spiro atoms. The lowest BCUT2D eigenvalue weighted by atomic mass is 10.0. The number of aryl methyl sites for hydroxylation is 2. The number of rotatable bonds is 4. The molecule has 5 nitrogen and oxygen atoms in total. The molecule has 4 heterocycles. The highest BCUT2D eigenvalue weighted by Gasteiger charge is 2.30. The largest absolute Gasteiger partial charge is 0.467 e. The summed E-state index contributed by atoms with van der Waals surface area (Å²) in [5, 5.41) is 13.8. The van der Waals surface area contributed by atoms with Crippen LogP contribution in [0.15, 0.2) is 28.2 Å². The van der Waals surface area contributed by atoms with Gasteiger partial charge in [0.25, 0.3) is 0 Å². The number of thiophene rings is 1. The zero-order chi connectivity index (χ0) is 16.7. The van der Waals surface area contributed by atoms with Gasteiger partial charge in [0.2, 0.25) is 0 Å². The Bertz CT molecular complexity index is 843. The van der Waals surface area contributed by atoms with Crippen molar-refractivity contribution in [3.05, 3.63) is 40.9 Å². The molecule has 0 aromatic carbocycles. The van der Waals surface area contributed by atoms with Gasteiger partial charge in [-0.15, -0.1) is 11.3 Å². The van der Waals surface area contributed by atoms with E-state index in [-0.39, 0.29) is 6.04 Å². The van der Waals surface area contributed by atoms with Crippen molar-refractivity contribution in [1.29, 1.82) is 0 Å². The van der Waals surface area contributed by atoms with Crippen LogP contribution in [0.3, 0.4) is 0 Å². The van der Waals surface area contributed by atoms with Crippen LogP contribution in [0.2, 0.25) is 0 Å². The molecule has 1 aliphatic heterocycles. The Morgan fingerprint density at radius 2 is 2.29 bits per heavy atom. The van der Waals surface area contributed by atoms with Gasteiger partial charge in [0.05, 0.1) is 11.6 Å². The highest BCUT2D eigenvalue weighted by Crippen LogP contribution is 2.37. The van der Waals surface area contributed by atoms with Gasteiger partial charge in [-0.05, 0) is 49.8 Å². The summed E-state index contributed by atoms with van der Waals surface area (Å²) >= 11 is 1.67. The lowest BCUT2D eigenvalue weighted by Gasteiger charge is -2.28. The average molecular weight is 343 g/mol. The molecular weight excluding hydrogens is 322 g/mol. The molecule has 1 aliphatic rings. The Kier molecular flexibility index (Phi) is 4.02. The first-order chi connectivity index (χ1) is 11.6. The summed E-state index contributed by atoms with van der Waals surface area (Å²) in [7, 11) is 0. The van der Waals surface area contributed by atoms with E-state index in [4.69, 9.17) is 9.40 Å². The molecule has 0 saturated carbocycles. The van der Waals surface area contributed by atoms with Gasteiger partial charge in [0.1, 0.15) is 28.3 Å². The molecule has 3 aromatic rings. The summed E-state index contributed by atoms with van der Waals surface area (Å²) in [4.78, 5) is 12.7. The van der Waals surface area contributed by atoms with E-state index in [1.54, 1.807) is 17.6 Å². The summed E-state index contributed by atoms with van der Waals surface area (Å²) in [6.07, 6.45) is 3.86. The lowest BCUT2D eigenvalue weighted by molar-refractivity contribution is 0.132. The van der Waals surface area contributed by atoms with E-state index >= 15 is 0 Å². The first kappa shape index (κ1) is 15.6. The fourth-order valence-electron chi connectivity index (χ4n) is 3.59. The Morgan fingerprint density at radius 3 is 3.08 bits per heavy atom. The zero-order valence-corrected chi connectivity index (χ0v) is 14.7. The molecule has 3 aromatic heterocycles. The zero-order valence-electron chi connectivity index (χ0n) is 13.9. The molecule has 0 amide bonds. The Balaban J connectivity index is 1.67. The van der Waals surface area contributed by atoms with Crippen molar-refractivity contribution in [2.24, 2.45) is 0 Å². The summed E-state index contributed by atoms with van der Waals surface area (Å²) in [6, 6.07) is 3.92. The van der Waals surface area contributed by atoms with Crippen LogP contribution in [0, 0.1) is 13.8 Å². The molecule has 4 rings (SSSR count). The van der Waals surface area contributed by atoms with Gasteiger partial charge < -0.3 is 14.4 Å². The summed E-state index contributed by atoms with van der Waals surface area (Å²) in [5.41, 5.74) is 1.22. The molecule has 1 saturated heterocycles. The predicted octanol–water partition coefficient (Wildman–Crippen LogP) is 3.99. The number of fused-ring (bicyclic) bond motifs is 1. The van der Waals surface area contributed by atoms with Crippen LogP contribution >= 0.6 is 11.3 Å². The highest BCUT2D eigenvalue weighted by molar-refractivity contribution is 7.17. The van der Waals surface area contributed by atoms with Crippen LogP contribution in [0.5, 0.6) is 0 Å². The van der Waals surface area contributed by atoms with Crippen molar-refractivity contribution >= 4 is 27.4 Å². The van der Waals surface area contributed by atoms with E-state index in [9.17, 15) is 5.11 Å². The number of hydrogen-bond acceptors (Lipinski definition) is 6. The number of hydrogen-bond donors (Lipinski definition) is 1. The van der Waals surface area contributed by atoms with Crippen LogP contribution in [-0.2, 0) is 0 Å². The van der Waals surface area contributed by atoms with E-state index in [0.717, 1.165) is 41.2 Å². The number of furan rings is 1. The predicted molar refractivity (Wildman–Crippen MR) is 95.5 cm³/mol. The first-order valence-electron chi connectivity index (χ1n) is 8.34. The smallest absolute Gasteiger partial charge is 0.141 e. The van der Waals surface area contributed by atoms with Crippen molar-refractivity contribution in [2.45, 2.75) is 45.3 Å². The van der Waals surface area contributed by atoms with Gasteiger partial charge in [0.15, 0.2) is 0 Å². The van der Waals surface area contributed by atoms with Gasteiger partial charge in [-0.2, -0.15) is 0 Å². The second-order valence-corrected chi connectivity index (χ2v) is 7.31. The van der Waals surface area contributed by atoms with Crippen LogP contribution in [-0.4, -0.2) is 27.7 Å². The summed E-state index contributed by atoms with van der Waals surface area (Å²) in [6.45, 7) is 5.03. The molecular formula is C18H21N3O2S. The maximum absolute atomic E-state index is 10.5. The molecule has 6 heteroatoms. The van der Waals surface area contributed by atoms with Gasteiger partial charge in [-0.25, -0.2) is 9.97 Å². The van der Waals surface area contributed by atoms with E-state index in [1.807, 2.05) is 19.1 Å². The molecule has 2 unspecified atom stereocenters. The van der Waals surface area contributed by atoms with E-state index in [2.05, 4.69) is 22.2 Å². The van der Waals surface area contributed by atoms with E-state index in [0.29, 0.717) is 12.2 Å². The molecule has 24 heavy (non-hydrogen) atoms. The highest BCUT2D eigenvalue weighted by atomic mass is 32.1. The van der Waals surface area contributed by atoms with E-state index < -0.39 is 6.10 Å². The van der Waals surface area contributed by atoms with Crippen molar-refractivity contribution < 1.29 is 9.52 Å². The van der Waals surface area contributed by atoms with Crippen molar-refractivity contribution in [1.82, 2.24) is 9.97 Å². The Morgan fingerprint density at radius 1 is 1.42 bits per heavy atom. The minimum Gasteiger partial charge on any atom is -0.467 e. The molecule has 0 radical (unpaired) electrons. The number of aromatic nitrogens is 2. The van der Waals surface area contributed by atoms with Gasteiger partial charge in [0, 0.05) is 19.0 Å². The molecule has 0 aliphatic carbocycles. The summed E-state index contributed by atoms with van der Waals surface area (Å²) in [5.74, 6) is 2.46. The standard InChI is InChI=1S/C18H21N3O2S/c1-11-10-24-18-16(11)17(19-12(2)20-18)21-7-3-5-13(21)9-14(22)15-6-4-8-23-15/h4,6,8,10,13-14,22H,3,5,7,9H2,1-2H3. The third-order valence-electron chi connectivity index (χ3n) is 4.73. The number of aliphatic hydroxyl groups is 1. The number of nitrogens with zero attached hydrogens (tertiary/aromatic N) is 3. The van der Waals surface area contributed by atoms with Crippen LogP contribution in [0.1, 0.15) is 42.5 Å². The van der Waals surface area contributed by atoms with Gasteiger partial charge >= 0.3 is 0 Å². The number of aliphatic hydroxyl groups excluding tert-OH is 1. The molecule has 1 N–H and O–H groups in total. The van der Waals surface area contributed by atoms with Crippen molar-refractivity contribution in [2.75, 3.05) is 11.4 Å². The third-order valence-corrected chi connectivity index (χ3v) is 5.72. The molecule has 1 fully saturated rings. The monoisotopic (exact) mass is 343 g/mol. The third kappa shape index (κ3) is 2.70.